The van der Waals surface area contributed by atoms with Crippen molar-refractivity contribution < 1.29 is 4.74 Å². The van der Waals surface area contributed by atoms with Gasteiger partial charge in [-0.05, 0) is 18.9 Å². The van der Waals surface area contributed by atoms with Gasteiger partial charge in [0.05, 0.1) is 0 Å². The molecule has 2 aromatic rings. The van der Waals surface area contributed by atoms with Crippen molar-refractivity contribution in [1.82, 2.24) is 25.4 Å². The molecule has 134 valence electrons. The molecule has 0 saturated carbocycles. The SMILES string of the molecule is C=CCOc1ccccc1CNC(=NC)NCCCCn1cnnc1. The second-order valence-corrected chi connectivity index (χ2v) is 5.47. The van der Waals surface area contributed by atoms with E-state index in [-0.39, 0.29) is 0 Å². The molecule has 0 spiro atoms. The number of benzene rings is 1. The summed E-state index contributed by atoms with van der Waals surface area (Å²) in [5, 5.41) is 14.2. The maximum atomic E-state index is 5.67. The Bertz CT molecular complexity index is 653. The Labute approximate surface area is 148 Å². The highest BCUT2D eigenvalue weighted by atomic mass is 16.5. The maximum absolute atomic E-state index is 5.67. The number of unbranched alkanes of at least 4 members (excludes halogenated alkanes) is 1. The van der Waals surface area contributed by atoms with E-state index in [1.807, 2.05) is 28.8 Å². The van der Waals surface area contributed by atoms with Crippen LogP contribution in [0, 0.1) is 0 Å². The van der Waals surface area contributed by atoms with E-state index in [9.17, 15) is 0 Å². The first kappa shape index (κ1) is 18.5. The van der Waals surface area contributed by atoms with Gasteiger partial charge in [-0.1, -0.05) is 30.9 Å². The van der Waals surface area contributed by atoms with E-state index in [0.29, 0.717) is 13.2 Å². The average Bonchev–Trinajstić information content (AvgIpc) is 3.16. The number of hydrogen-bond donors (Lipinski definition) is 2. The standard InChI is InChI=1S/C18H26N6O/c1-3-12-25-17-9-5-4-8-16(17)13-21-18(19-2)20-10-6-7-11-24-14-22-23-15-24/h3-5,8-9,14-15H,1,6-7,10-13H2,2H3,(H2,19,20,21). The molecule has 0 aliphatic heterocycles. The van der Waals surface area contributed by atoms with E-state index in [1.54, 1.807) is 25.8 Å². The number of rotatable bonds is 10. The lowest BCUT2D eigenvalue weighted by Gasteiger charge is -2.14. The van der Waals surface area contributed by atoms with E-state index in [1.165, 1.54) is 0 Å². The third-order valence-corrected chi connectivity index (χ3v) is 3.60. The van der Waals surface area contributed by atoms with Gasteiger partial charge in [-0.2, -0.15) is 0 Å². The molecular weight excluding hydrogens is 316 g/mol. The van der Waals surface area contributed by atoms with Crippen LogP contribution in [0.3, 0.4) is 0 Å². The van der Waals surface area contributed by atoms with Crippen LogP contribution in [0.15, 0.2) is 54.6 Å². The smallest absolute Gasteiger partial charge is 0.191 e. The molecule has 0 unspecified atom stereocenters. The molecule has 0 bridgehead atoms. The minimum Gasteiger partial charge on any atom is -0.489 e. The molecule has 0 amide bonds. The summed E-state index contributed by atoms with van der Waals surface area (Å²) in [6.07, 6.45) is 7.31. The van der Waals surface area contributed by atoms with Gasteiger partial charge in [-0.25, -0.2) is 0 Å². The Morgan fingerprint density at radius 1 is 1.24 bits per heavy atom. The van der Waals surface area contributed by atoms with E-state index < -0.39 is 0 Å². The third kappa shape index (κ3) is 6.66. The molecule has 7 nitrogen and oxygen atoms in total. The number of aliphatic imine (C=N–C) groups is 1. The van der Waals surface area contributed by atoms with Crippen LogP contribution in [-0.4, -0.2) is 40.9 Å². The number of aryl methyl sites for hydroxylation is 1. The highest BCUT2D eigenvalue weighted by molar-refractivity contribution is 5.79. The fourth-order valence-electron chi connectivity index (χ4n) is 2.30. The summed E-state index contributed by atoms with van der Waals surface area (Å²) in [6.45, 7) is 6.61. The van der Waals surface area contributed by atoms with Crippen LogP contribution in [0.1, 0.15) is 18.4 Å². The summed E-state index contributed by atoms with van der Waals surface area (Å²) >= 11 is 0. The zero-order valence-corrected chi connectivity index (χ0v) is 14.7. The molecule has 0 saturated heterocycles. The highest BCUT2D eigenvalue weighted by Gasteiger charge is 2.04. The number of ether oxygens (including phenoxy) is 1. The summed E-state index contributed by atoms with van der Waals surface area (Å²) in [5.41, 5.74) is 1.08. The van der Waals surface area contributed by atoms with Gasteiger partial charge in [0.2, 0.25) is 0 Å². The Morgan fingerprint density at radius 3 is 2.80 bits per heavy atom. The van der Waals surface area contributed by atoms with Crippen molar-refractivity contribution >= 4 is 5.96 Å². The summed E-state index contributed by atoms with van der Waals surface area (Å²) in [5.74, 6) is 1.64. The van der Waals surface area contributed by atoms with Crippen LogP contribution >= 0.6 is 0 Å². The Morgan fingerprint density at radius 2 is 2.04 bits per heavy atom. The normalized spacial score (nSPS) is 11.2. The molecule has 2 N–H and O–H groups in total. The van der Waals surface area contributed by atoms with Gasteiger partial charge < -0.3 is 19.9 Å². The molecule has 0 aliphatic carbocycles. The van der Waals surface area contributed by atoms with Gasteiger partial charge in [-0.3, -0.25) is 4.99 Å². The molecule has 0 atom stereocenters. The Hall–Kier alpha value is -2.83. The molecule has 1 aromatic carbocycles. The van der Waals surface area contributed by atoms with Crippen LogP contribution in [0.5, 0.6) is 5.75 Å². The minimum atomic E-state index is 0.496. The molecule has 7 heteroatoms. The number of nitrogens with zero attached hydrogens (tertiary/aromatic N) is 4. The fourth-order valence-corrected chi connectivity index (χ4v) is 2.30. The van der Waals surface area contributed by atoms with Gasteiger partial charge in [-0.15, -0.1) is 10.2 Å². The number of hydrogen-bond acceptors (Lipinski definition) is 4. The molecular formula is C18H26N6O. The largest absolute Gasteiger partial charge is 0.489 e. The van der Waals surface area contributed by atoms with Crippen LogP contribution in [0.4, 0.5) is 0 Å². The average molecular weight is 342 g/mol. The van der Waals surface area contributed by atoms with Gasteiger partial charge in [0.25, 0.3) is 0 Å². The summed E-state index contributed by atoms with van der Waals surface area (Å²) in [4.78, 5) is 4.25. The van der Waals surface area contributed by atoms with E-state index in [0.717, 1.165) is 43.2 Å². The summed E-state index contributed by atoms with van der Waals surface area (Å²) in [6, 6.07) is 7.96. The van der Waals surface area contributed by atoms with E-state index >= 15 is 0 Å². The quantitative estimate of drug-likeness (QED) is 0.299. The topological polar surface area (TPSA) is 76.4 Å². The maximum Gasteiger partial charge on any atom is 0.191 e. The van der Waals surface area contributed by atoms with E-state index in [4.69, 9.17) is 4.74 Å². The van der Waals surface area contributed by atoms with E-state index in [2.05, 4.69) is 32.4 Å². The molecule has 1 heterocycles. The second-order valence-electron chi connectivity index (χ2n) is 5.47. The minimum absolute atomic E-state index is 0.496. The lowest BCUT2D eigenvalue weighted by Crippen LogP contribution is -2.37. The zero-order valence-electron chi connectivity index (χ0n) is 14.7. The molecule has 0 radical (unpaired) electrons. The van der Waals surface area contributed by atoms with Crippen molar-refractivity contribution in [2.75, 3.05) is 20.2 Å². The summed E-state index contributed by atoms with van der Waals surface area (Å²) in [7, 11) is 1.77. The lowest BCUT2D eigenvalue weighted by atomic mass is 10.2. The Balaban J connectivity index is 1.70. The molecule has 1 aromatic heterocycles. The van der Waals surface area contributed by atoms with Crippen molar-refractivity contribution in [3.05, 3.63) is 55.1 Å². The predicted octanol–water partition coefficient (Wildman–Crippen LogP) is 1.99. The van der Waals surface area contributed by atoms with Crippen molar-refractivity contribution in [2.45, 2.75) is 25.9 Å². The predicted molar refractivity (Wildman–Crippen MR) is 99.6 cm³/mol. The number of nitrogens with one attached hydrogen (secondary N) is 2. The molecule has 0 fully saturated rings. The first-order valence-corrected chi connectivity index (χ1v) is 8.42. The highest BCUT2D eigenvalue weighted by Crippen LogP contribution is 2.17. The van der Waals surface area contributed by atoms with Crippen LogP contribution in [-0.2, 0) is 13.1 Å². The van der Waals surface area contributed by atoms with Gasteiger partial charge >= 0.3 is 0 Å². The van der Waals surface area contributed by atoms with Crippen molar-refractivity contribution in [1.29, 1.82) is 0 Å². The van der Waals surface area contributed by atoms with Crippen LogP contribution in [0.2, 0.25) is 0 Å². The van der Waals surface area contributed by atoms with Gasteiger partial charge in [0.15, 0.2) is 5.96 Å². The fraction of sp³-hybridized carbons (Fsp3) is 0.389. The Kier molecular flexibility index (Phi) is 8.03. The van der Waals surface area contributed by atoms with Crippen LogP contribution < -0.4 is 15.4 Å². The summed E-state index contributed by atoms with van der Waals surface area (Å²) < 4.78 is 7.65. The first-order chi connectivity index (χ1) is 12.3. The first-order valence-electron chi connectivity index (χ1n) is 8.42. The third-order valence-electron chi connectivity index (χ3n) is 3.60. The zero-order chi connectivity index (χ0) is 17.7. The second kappa shape index (κ2) is 10.9. The van der Waals surface area contributed by atoms with Crippen molar-refractivity contribution in [2.24, 2.45) is 4.99 Å². The van der Waals surface area contributed by atoms with Gasteiger partial charge in [0, 0.05) is 32.2 Å². The molecule has 2 rings (SSSR count). The van der Waals surface area contributed by atoms with Crippen LogP contribution in [0.25, 0.3) is 0 Å². The number of guanidine groups is 1. The molecule has 0 aliphatic rings. The van der Waals surface area contributed by atoms with Crippen molar-refractivity contribution in [3.63, 3.8) is 0 Å². The lowest BCUT2D eigenvalue weighted by molar-refractivity contribution is 0.358. The van der Waals surface area contributed by atoms with Gasteiger partial charge in [0.1, 0.15) is 25.0 Å². The molecule has 25 heavy (non-hydrogen) atoms. The van der Waals surface area contributed by atoms with Crippen molar-refractivity contribution in [3.8, 4) is 5.75 Å². The number of para-hydroxylation sites is 1. The number of aromatic nitrogens is 3. The monoisotopic (exact) mass is 342 g/mol.